The fourth-order valence-electron chi connectivity index (χ4n) is 4.16. The summed E-state index contributed by atoms with van der Waals surface area (Å²) in [6, 6.07) is 7.04. The molecule has 8 heteroatoms. The molecule has 0 fully saturated rings. The number of imidazole rings is 1. The maximum absolute atomic E-state index is 10.1. The van der Waals surface area contributed by atoms with Crippen LogP contribution < -0.4 is 5.73 Å². The maximum atomic E-state index is 10.1. The van der Waals surface area contributed by atoms with E-state index in [1.807, 2.05) is 18.5 Å². The Hall–Kier alpha value is -3.29. The number of aliphatic imine (C=N–C) groups is 1. The Bertz CT molecular complexity index is 1080. The van der Waals surface area contributed by atoms with Crippen LogP contribution in [0, 0.1) is 0 Å². The minimum absolute atomic E-state index is 0.138. The van der Waals surface area contributed by atoms with Crippen molar-refractivity contribution in [1.29, 1.82) is 0 Å². The third kappa shape index (κ3) is 8.77. The molecule has 3 rings (SSSR count). The van der Waals surface area contributed by atoms with E-state index in [-0.39, 0.29) is 17.6 Å². The molecule has 3 aromatic rings. The molecule has 0 amide bonds. The zero-order chi connectivity index (χ0) is 24.9. The number of benzene rings is 1. The Labute approximate surface area is 208 Å². The molecule has 8 nitrogen and oxygen atoms in total. The lowest BCUT2D eigenvalue weighted by atomic mass is 10.1. The number of aryl methyl sites for hydroxylation is 3. The first-order valence-electron chi connectivity index (χ1n) is 12.9. The van der Waals surface area contributed by atoms with Gasteiger partial charge in [-0.1, -0.05) is 70.4 Å². The zero-order valence-electron chi connectivity index (χ0n) is 21.2. The first-order valence-corrected chi connectivity index (χ1v) is 12.9. The van der Waals surface area contributed by atoms with Crippen molar-refractivity contribution < 1.29 is 5.11 Å². The highest BCUT2D eigenvalue weighted by atomic mass is 16.3. The van der Waals surface area contributed by atoms with Crippen LogP contribution in [0.25, 0.3) is 0 Å². The average molecular weight is 478 g/mol. The highest BCUT2D eigenvalue weighted by molar-refractivity contribution is 6.02. The van der Waals surface area contributed by atoms with E-state index in [4.69, 9.17) is 5.73 Å². The highest BCUT2D eigenvalue weighted by Crippen LogP contribution is 2.19. The molecule has 0 bridgehead atoms. The lowest BCUT2D eigenvalue weighted by molar-refractivity contribution is 0.474. The first-order chi connectivity index (χ1) is 17.1. The summed E-state index contributed by atoms with van der Waals surface area (Å²) in [5, 5.41) is 10.1. The van der Waals surface area contributed by atoms with Crippen LogP contribution in [0.15, 0.2) is 41.7 Å². The summed E-state index contributed by atoms with van der Waals surface area (Å²) in [7, 11) is 0. The van der Waals surface area contributed by atoms with Crippen LogP contribution in [0.2, 0.25) is 0 Å². The van der Waals surface area contributed by atoms with Crippen molar-refractivity contribution in [3.63, 3.8) is 0 Å². The number of nitrogen functional groups attached to an aromatic ring is 1. The fraction of sp³-hybridized carbons (Fsp3) is 0.519. The van der Waals surface area contributed by atoms with E-state index in [0.29, 0.717) is 23.5 Å². The van der Waals surface area contributed by atoms with Gasteiger partial charge in [0.2, 0.25) is 5.95 Å². The number of nitrogens with zero attached hydrogens (tertiary/aromatic N) is 6. The number of anilines is 1. The topological polar surface area (TPSA) is 115 Å². The van der Waals surface area contributed by atoms with E-state index in [1.54, 1.807) is 25.1 Å². The number of unbranched alkanes of at least 4 members (excludes halogenated alkanes) is 8. The predicted molar refractivity (Wildman–Crippen MR) is 141 cm³/mol. The summed E-state index contributed by atoms with van der Waals surface area (Å²) < 4.78 is 2.17. The molecule has 0 aliphatic carbocycles. The molecule has 0 atom stereocenters. The summed E-state index contributed by atoms with van der Waals surface area (Å²) in [5.74, 6) is 2.23. The predicted octanol–water partition coefficient (Wildman–Crippen LogP) is 5.81. The fourth-order valence-corrected chi connectivity index (χ4v) is 4.16. The molecule has 0 unspecified atom stereocenters. The Morgan fingerprint density at radius 1 is 0.943 bits per heavy atom. The molecule has 0 aliphatic rings. The van der Waals surface area contributed by atoms with Crippen molar-refractivity contribution in [3.05, 3.63) is 53.9 Å². The SMILES string of the molecule is CCCCCCCCCCCc1nccn1CCc1nc(N)nc(N=C(C)c2ccccc2O)n1. The molecule has 2 heterocycles. The van der Waals surface area contributed by atoms with Gasteiger partial charge in [0.1, 0.15) is 17.4 Å². The van der Waals surface area contributed by atoms with Crippen LogP contribution in [0.4, 0.5) is 11.9 Å². The standard InChI is InChI=1S/C27H39N7O/c1-3-4-5-6-7-8-9-10-11-16-25-29-18-20-34(25)19-17-24-31-26(28)33-27(32-24)30-21(2)22-14-12-13-15-23(22)35/h12-15,18,20,35H,3-11,16-17,19H2,1-2H3,(H2,28,31,32,33). The summed E-state index contributed by atoms with van der Waals surface area (Å²) >= 11 is 0. The molecule has 0 radical (unpaired) electrons. The van der Waals surface area contributed by atoms with Crippen molar-refractivity contribution in [2.45, 2.75) is 91.0 Å². The van der Waals surface area contributed by atoms with E-state index in [1.165, 1.54) is 51.4 Å². The van der Waals surface area contributed by atoms with Gasteiger partial charge in [-0.05, 0) is 25.5 Å². The molecule has 35 heavy (non-hydrogen) atoms. The largest absolute Gasteiger partial charge is 0.507 e. The molecule has 188 valence electrons. The normalized spacial score (nSPS) is 11.8. The molecule has 0 spiro atoms. The van der Waals surface area contributed by atoms with Gasteiger partial charge in [0.05, 0.1) is 5.71 Å². The Morgan fingerprint density at radius 3 is 2.40 bits per heavy atom. The summed E-state index contributed by atoms with van der Waals surface area (Å²) in [6.45, 7) is 4.78. The second-order valence-corrected chi connectivity index (χ2v) is 8.99. The molecule has 0 saturated carbocycles. The smallest absolute Gasteiger partial charge is 0.254 e. The number of rotatable bonds is 15. The van der Waals surface area contributed by atoms with Crippen LogP contribution >= 0.6 is 0 Å². The van der Waals surface area contributed by atoms with Gasteiger partial charge in [0.25, 0.3) is 5.95 Å². The van der Waals surface area contributed by atoms with Gasteiger partial charge in [-0.3, -0.25) is 0 Å². The lowest BCUT2D eigenvalue weighted by Gasteiger charge is -2.08. The lowest BCUT2D eigenvalue weighted by Crippen LogP contribution is -2.09. The number of aromatic nitrogens is 5. The van der Waals surface area contributed by atoms with Crippen molar-refractivity contribution >= 4 is 17.6 Å². The molecule has 2 aromatic heterocycles. The molecule has 3 N–H and O–H groups in total. The van der Waals surface area contributed by atoms with Crippen molar-refractivity contribution in [3.8, 4) is 5.75 Å². The van der Waals surface area contributed by atoms with Crippen molar-refractivity contribution in [2.75, 3.05) is 5.73 Å². The Balaban J connectivity index is 1.50. The van der Waals surface area contributed by atoms with Crippen molar-refractivity contribution in [2.24, 2.45) is 4.99 Å². The van der Waals surface area contributed by atoms with Gasteiger partial charge in [-0.2, -0.15) is 15.0 Å². The first kappa shape index (κ1) is 26.3. The van der Waals surface area contributed by atoms with Gasteiger partial charge in [-0.15, -0.1) is 0 Å². The quantitative estimate of drug-likeness (QED) is 0.211. The van der Waals surface area contributed by atoms with Gasteiger partial charge in [-0.25, -0.2) is 9.98 Å². The average Bonchev–Trinajstić information content (AvgIpc) is 3.29. The highest BCUT2D eigenvalue weighted by Gasteiger charge is 2.09. The molecule has 0 saturated heterocycles. The summed E-state index contributed by atoms with van der Waals surface area (Å²) in [5.41, 5.74) is 7.16. The van der Waals surface area contributed by atoms with Crippen LogP contribution in [-0.4, -0.2) is 35.3 Å². The number of nitrogens with two attached hydrogens (primary N) is 1. The minimum atomic E-state index is 0.138. The Morgan fingerprint density at radius 2 is 1.66 bits per heavy atom. The Kier molecular flexibility index (Phi) is 10.7. The van der Waals surface area contributed by atoms with E-state index in [2.05, 4.69) is 36.4 Å². The van der Waals surface area contributed by atoms with Crippen LogP contribution in [-0.2, 0) is 19.4 Å². The van der Waals surface area contributed by atoms with E-state index in [0.717, 1.165) is 25.2 Å². The third-order valence-electron chi connectivity index (χ3n) is 6.13. The monoisotopic (exact) mass is 477 g/mol. The van der Waals surface area contributed by atoms with Gasteiger partial charge in [0, 0.05) is 37.3 Å². The van der Waals surface area contributed by atoms with E-state index in [9.17, 15) is 5.11 Å². The van der Waals surface area contributed by atoms with Crippen LogP contribution in [0.5, 0.6) is 5.75 Å². The van der Waals surface area contributed by atoms with Crippen LogP contribution in [0.3, 0.4) is 0 Å². The van der Waals surface area contributed by atoms with Gasteiger partial charge >= 0.3 is 0 Å². The third-order valence-corrected chi connectivity index (χ3v) is 6.13. The molecular formula is C27H39N7O. The molecular weight excluding hydrogens is 438 g/mol. The van der Waals surface area contributed by atoms with Gasteiger partial charge in [0.15, 0.2) is 0 Å². The van der Waals surface area contributed by atoms with E-state index >= 15 is 0 Å². The summed E-state index contributed by atoms with van der Waals surface area (Å²) in [6.07, 6.45) is 17.3. The number of hydrogen-bond donors (Lipinski definition) is 2. The minimum Gasteiger partial charge on any atom is -0.507 e. The molecule has 0 aliphatic heterocycles. The number of phenols is 1. The van der Waals surface area contributed by atoms with Crippen LogP contribution in [0.1, 0.15) is 88.8 Å². The number of hydrogen-bond acceptors (Lipinski definition) is 7. The number of aromatic hydroxyl groups is 1. The second kappa shape index (κ2) is 14.2. The zero-order valence-corrected chi connectivity index (χ0v) is 21.2. The van der Waals surface area contributed by atoms with E-state index < -0.39 is 0 Å². The van der Waals surface area contributed by atoms with Crippen molar-refractivity contribution in [1.82, 2.24) is 24.5 Å². The number of phenolic OH excluding ortho intramolecular Hbond substituents is 1. The van der Waals surface area contributed by atoms with Gasteiger partial charge < -0.3 is 15.4 Å². The summed E-state index contributed by atoms with van der Waals surface area (Å²) in [4.78, 5) is 21.9. The maximum Gasteiger partial charge on any atom is 0.254 e. The second-order valence-electron chi connectivity index (χ2n) is 8.99. The molecule has 1 aromatic carbocycles. The number of para-hydroxylation sites is 1.